The fourth-order valence-corrected chi connectivity index (χ4v) is 2.87. The van der Waals surface area contributed by atoms with Crippen LogP contribution >= 0.6 is 0 Å². The van der Waals surface area contributed by atoms with Gasteiger partial charge in [0.1, 0.15) is 6.04 Å². The lowest BCUT2D eigenvalue weighted by Crippen LogP contribution is -2.47. The van der Waals surface area contributed by atoms with Crippen molar-refractivity contribution in [2.75, 3.05) is 7.05 Å². The average Bonchev–Trinajstić information content (AvgIpc) is 2.46. The molecule has 0 radical (unpaired) electrons. The van der Waals surface area contributed by atoms with E-state index in [9.17, 15) is 9.59 Å². The Kier molecular flexibility index (Phi) is 7.63. The van der Waals surface area contributed by atoms with Crippen LogP contribution in [0.4, 0.5) is 0 Å². The van der Waals surface area contributed by atoms with Crippen molar-refractivity contribution < 1.29 is 9.59 Å². The molecular weight excluding hydrogens is 252 g/mol. The van der Waals surface area contributed by atoms with E-state index in [-0.39, 0.29) is 23.8 Å². The predicted octanol–water partition coefficient (Wildman–Crippen LogP) is 2.62. The van der Waals surface area contributed by atoms with Gasteiger partial charge in [-0.25, -0.2) is 0 Å². The van der Waals surface area contributed by atoms with Crippen molar-refractivity contribution in [1.82, 2.24) is 10.6 Å². The molecule has 1 unspecified atom stereocenters. The molecule has 0 aromatic rings. The number of hydrogen-bond donors (Lipinski definition) is 2. The summed E-state index contributed by atoms with van der Waals surface area (Å²) in [7, 11) is 1.62. The van der Waals surface area contributed by atoms with Gasteiger partial charge in [-0.05, 0) is 12.3 Å². The van der Waals surface area contributed by atoms with Gasteiger partial charge in [0.25, 0.3) is 0 Å². The van der Waals surface area contributed by atoms with Crippen molar-refractivity contribution in [3.8, 4) is 0 Å². The summed E-state index contributed by atoms with van der Waals surface area (Å²) in [4.78, 5) is 23.6. The van der Waals surface area contributed by atoms with Gasteiger partial charge in [-0.15, -0.1) is 0 Å². The number of carbonyl (C=O) groups excluding carboxylic acids is 2. The Morgan fingerprint density at radius 1 is 1.10 bits per heavy atom. The summed E-state index contributed by atoms with van der Waals surface area (Å²) in [6, 6.07) is -0.376. The van der Waals surface area contributed by atoms with Gasteiger partial charge in [0.2, 0.25) is 11.8 Å². The van der Waals surface area contributed by atoms with E-state index in [1.165, 1.54) is 38.5 Å². The highest BCUT2D eigenvalue weighted by Crippen LogP contribution is 2.27. The molecule has 4 heteroatoms. The quantitative estimate of drug-likeness (QED) is 0.754. The maximum atomic E-state index is 11.8. The van der Waals surface area contributed by atoms with Gasteiger partial charge in [0, 0.05) is 13.0 Å². The zero-order valence-electron chi connectivity index (χ0n) is 13.2. The normalized spacial score (nSPS) is 17.8. The molecule has 1 saturated carbocycles. The van der Waals surface area contributed by atoms with Gasteiger partial charge >= 0.3 is 0 Å². The molecule has 0 aromatic heterocycles. The van der Waals surface area contributed by atoms with Gasteiger partial charge in [-0.3, -0.25) is 9.59 Å². The van der Waals surface area contributed by atoms with Crippen LogP contribution in [0.5, 0.6) is 0 Å². The van der Waals surface area contributed by atoms with Crippen LogP contribution < -0.4 is 10.6 Å². The highest BCUT2D eigenvalue weighted by molar-refractivity contribution is 5.88. The van der Waals surface area contributed by atoms with E-state index in [0.29, 0.717) is 0 Å². The number of rotatable bonds is 7. The third kappa shape index (κ3) is 5.93. The van der Waals surface area contributed by atoms with Gasteiger partial charge in [0.15, 0.2) is 0 Å². The summed E-state index contributed by atoms with van der Waals surface area (Å²) in [6.45, 7) is 3.69. The summed E-state index contributed by atoms with van der Waals surface area (Å²) in [5.41, 5.74) is 0. The van der Waals surface area contributed by atoms with Crippen molar-refractivity contribution in [1.29, 1.82) is 0 Å². The molecule has 1 rings (SSSR count). The minimum atomic E-state index is -0.376. The summed E-state index contributed by atoms with van der Waals surface area (Å²) in [6.07, 6.45) is 9.70. The third-order valence-corrected chi connectivity index (χ3v) is 4.23. The Morgan fingerprint density at radius 3 is 2.30 bits per heavy atom. The van der Waals surface area contributed by atoms with Gasteiger partial charge < -0.3 is 10.6 Å². The first-order valence-corrected chi connectivity index (χ1v) is 8.06. The molecule has 0 saturated heterocycles. The SMILES string of the molecule is CNC(=O)C(CCCC1CCCCC1)NC(=O)C(C)C. The summed E-state index contributed by atoms with van der Waals surface area (Å²) in [5, 5.41) is 5.50. The van der Waals surface area contributed by atoms with Crippen LogP contribution in [0.15, 0.2) is 0 Å². The van der Waals surface area contributed by atoms with Crippen LogP contribution in [-0.4, -0.2) is 24.9 Å². The summed E-state index contributed by atoms with van der Waals surface area (Å²) >= 11 is 0. The van der Waals surface area contributed by atoms with Crippen LogP contribution in [-0.2, 0) is 9.59 Å². The van der Waals surface area contributed by atoms with Crippen LogP contribution in [0, 0.1) is 11.8 Å². The van der Waals surface area contributed by atoms with Gasteiger partial charge in [0.05, 0.1) is 0 Å². The van der Waals surface area contributed by atoms with E-state index in [1.807, 2.05) is 13.8 Å². The standard InChI is InChI=1S/C16H30N2O2/c1-12(2)15(19)18-14(16(20)17-3)11-7-10-13-8-5-4-6-9-13/h12-14H,4-11H2,1-3H3,(H,17,20)(H,18,19). The van der Waals surface area contributed by atoms with E-state index in [4.69, 9.17) is 0 Å². The van der Waals surface area contributed by atoms with Crippen LogP contribution in [0.3, 0.4) is 0 Å². The Hall–Kier alpha value is -1.06. The fourth-order valence-electron chi connectivity index (χ4n) is 2.87. The molecule has 0 aromatic carbocycles. The molecule has 4 nitrogen and oxygen atoms in total. The molecule has 1 aliphatic carbocycles. The molecule has 1 fully saturated rings. The maximum Gasteiger partial charge on any atom is 0.242 e. The predicted molar refractivity (Wildman–Crippen MR) is 81.3 cm³/mol. The van der Waals surface area contributed by atoms with E-state index >= 15 is 0 Å². The first-order chi connectivity index (χ1) is 9.54. The third-order valence-electron chi connectivity index (χ3n) is 4.23. The van der Waals surface area contributed by atoms with E-state index < -0.39 is 0 Å². The first-order valence-electron chi connectivity index (χ1n) is 8.06. The smallest absolute Gasteiger partial charge is 0.242 e. The molecule has 1 aliphatic rings. The van der Waals surface area contributed by atoms with Crippen molar-refractivity contribution in [3.05, 3.63) is 0 Å². The van der Waals surface area contributed by atoms with Crippen molar-refractivity contribution in [3.63, 3.8) is 0 Å². The van der Waals surface area contributed by atoms with Crippen molar-refractivity contribution in [2.24, 2.45) is 11.8 Å². The van der Waals surface area contributed by atoms with Crippen molar-refractivity contribution in [2.45, 2.75) is 71.3 Å². The lowest BCUT2D eigenvalue weighted by Gasteiger charge is -2.23. The molecule has 1 atom stereocenters. The highest BCUT2D eigenvalue weighted by atomic mass is 16.2. The number of amides is 2. The molecule has 20 heavy (non-hydrogen) atoms. The lowest BCUT2D eigenvalue weighted by molar-refractivity contribution is -0.130. The van der Waals surface area contributed by atoms with Gasteiger partial charge in [-0.2, -0.15) is 0 Å². The highest BCUT2D eigenvalue weighted by Gasteiger charge is 2.21. The van der Waals surface area contributed by atoms with Crippen molar-refractivity contribution >= 4 is 11.8 Å². The van der Waals surface area contributed by atoms with E-state index in [1.54, 1.807) is 7.05 Å². The second-order valence-corrected chi connectivity index (χ2v) is 6.27. The van der Waals surface area contributed by atoms with Crippen LogP contribution in [0.2, 0.25) is 0 Å². The summed E-state index contributed by atoms with van der Waals surface area (Å²) < 4.78 is 0. The van der Waals surface area contributed by atoms with E-state index in [0.717, 1.165) is 18.8 Å². The van der Waals surface area contributed by atoms with Crippen LogP contribution in [0.1, 0.15) is 65.2 Å². The Morgan fingerprint density at radius 2 is 1.75 bits per heavy atom. The second kappa shape index (κ2) is 8.98. The Balaban J connectivity index is 2.36. The monoisotopic (exact) mass is 282 g/mol. The largest absolute Gasteiger partial charge is 0.357 e. The average molecular weight is 282 g/mol. The molecule has 0 spiro atoms. The second-order valence-electron chi connectivity index (χ2n) is 6.27. The number of carbonyl (C=O) groups is 2. The number of hydrogen-bond acceptors (Lipinski definition) is 2. The number of nitrogens with one attached hydrogen (secondary N) is 2. The lowest BCUT2D eigenvalue weighted by atomic mass is 9.85. The molecular formula is C16H30N2O2. The Bertz CT molecular complexity index is 310. The fraction of sp³-hybridized carbons (Fsp3) is 0.875. The Labute approximate surface area is 123 Å². The van der Waals surface area contributed by atoms with Gasteiger partial charge in [-0.1, -0.05) is 58.8 Å². The molecule has 116 valence electrons. The molecule has 0 bridgehead atoms. The minimum Gasteiger partial charge on any atom is -0.357 e. The number of likely N-dealkylation sites (N-methyl/N-ethyl adjacent to an activating group) is 1. The molecule has 2 amide bonds. The molecule has 0 heterocycles. The topological polar surface area (TPSA) is 58.2 Å². The summed E-state index contributed by atoms with van der Waals surface area (Å²) in [5.74, 6) is 0.620. The molecule has 2 N–H and O–H groups in total. The first kappa shape index (κ1) is 17.0. The van der Waals surface area contributed by atoms with E-state index in [2.05, 4.69) is 10.6 Å². The molecule has 0 aliphatic heterocycles. The minimum absolute atomic E-state index is 0.0451. The zero-order valence-corrected chi connectivity index (χ0v) is 13.2. The van der Waals surface area contributed by atoms with Crippen LogP contribution in [0.25, 0.3) is 0 Å². The zero-order chi connectivity index (χ0) is 15.0. The maximum absolute atomic E-state index is 11.8.